The number of rotatable bonds is 5. The molecule has 1 amide bonds. The maximum Gasteiger partial charge on any atom is 0.344 e. The number of allylic oxidation sites excluding steroid dienone is 1. The molecule has 0 bridgehead atoms. The Balaban J connectivity index is 1.21. The molecule has 4 heterocycles. The molecule has 3 fully saturated rings. The highest BCUT2D eigenvalue weighted by atomic mass is 35.5. The molecule has 8 heteroatoms. The molecular formula is C26H35ClN6O. The van der Waals surface area contributed by atoms with Crippen molar-refractivity contribution in [1.29, 1.82) is 0 Å². The van der Waals surface area contributed by atoms with Crippen molar-refractivity contribution in [2.24, 2.45) is 0 Å². The maximum absolute atomic E-state index is 13.0. The number of amides is 1. The Morgan fingerprint density at radius 2 is 1.85 bits per heavy atom. The Morgan fingerprint density at radius 3 is 2.56 bits per heavy atom. The van der Waals surface area contributed by atoms with E-state index in [1.807, 2.05) is 11.8 Å². The number of carbonyl (C=O) groups is 1. The van der Waals surface area contributed by atoms with Crippen LogP contribution in [0.25, 0.3) is 0 Å². The lowest BCUT2D eigenvalue weighted by atomic mass is 9.85. The topological polar surface area (TPSA) is 56.6 Å². The molecule has 0 aliphatic carbocycles. The lowest BCUT2D eigenvalue weighted by molar-refractivity contribution is 0.0585. The third-order valence-corrected chi connectivity index (χ3v) is 7.97. The zero-order valence-corrected chi connectivity index (χ0v) is 20.9. The van der Waals surface area contributed by atoms with Crippen molar-refractivity contribution in [3.8, 4) is 0 Å². The Morgan fingerprint density at radius 1 is 1.09 bits per heavy atom. The van der Waals surface area contributed by atoms with Gasteiger partial charge in [0.25, 0.3) is 0 Å². The molecule has 0 atom stereocenters. The van der Waals surface area contributed by atoms with Crippen LogP contribution in [0.3, 0.4) is 0 Å². The molecule has 7 nitrogen and oxygen atoms in total. The fourth-order valence-electron chi connectivity index (χ4n) is 5.87. The summed E-state index contributed by atoms with van der Waals surface area (Å²) in [6.45, 7) is 11.4. The van der Waals surface area contributed by atoms with Gasteiger partial charge in [0.15, 0.2) is 5.82 Å². The predicted octanol–water partition coefficient (Wildman–Crippen LogP) is 5.18. The molecule has 3 aliphatic rings. The summed E-state index contributed by atoms with van der Waals surface area (Å²) >= 11 is 6.69. The highest BCUT2D eigenvalue weighted by Crippen LogP contribution is 2.40. The van der Waals surface area contributed by atoms with E-state index in [0.717, 1.165) is 62.8 Å². The Kier molecular flexibility index (Phi) is 6.58. The zero-order valence-electron chi connectivity index (χ0n) is 20.1. The first kappa shape index (κ1) is 23.2. The molecular weight excluding hydrogens is 448 g/mol. The molecule has 2 aromatic rings. The van der Waals surface area contributed by atoms with Gasteiger partial charge in [0.05, 0.1) is 10.7 Å². The molecule has 5 rings (SSSR count). The standard InChI is InChI=1S/C26H35ClN6O/c1-20(2)28-24-8-15-33(29-24)25(34)31-16-10-26(11-17-31)9-5-14-32(26)19-21-6-7-23(22(27)18-21)30-12-3-4-13-30/h6-8,15,18H,1,3-5,9-14,16-17,19H2,2H3,(H,28,29). The number of hydrogen-bond donors (Lipinski definition) is 1. The molecule has 0 radical (unpaired) electrons. The van der Waals surface area contributed by atoms with Crippen LogP contribution in [-0.2, 0) is 6.54 Å². The van der Waals surface area contributed by atoms with Crippen molar-refractivity contribution < 1.29 is 4.79 Å². The van der Waals surface area contributed by atoms with Crippen molar-refractivity contribution in [3.63, 3.8) is 0 Å². The van der Waals surface area contributed by atoms with Gasteiger partial charge in [0.2, 0.25) is 0 Å². The van der Waals surface area contributed by atoms with Crippen molar-refractivity contribution >= 4 is 29.1 Å². The first-order chi connectivity index (χ1) is 16.4. The van der Waals surface area contributed by atoms with E-state index >= 15 is 0 Å². The summed E-state index contributed by atoms with van der Waals surface area (Å²) in [5, 5.41) is 8.28. The lowest BCUT2D eigenvalue weighted by Gasteiger charge is -2.45. The first-order valence-corrected chi connectivity index (χ1v) is 12.9. The molecule has 3 aliphatic heterocycles. The van der Waals surface area contributed by atoms with E-state index in [1.165, 1.54) is 41.6 Å². The van der Waals surface area contributed by atoms with Crippen LogP contribution < -0.4 is 10.2 Å². The third kappa shape index (κ3) is 4.68. The van der Waals surface area contributed by atoms with E-state index in [1.54, 1.807) is 12.3 Å². The predicted molar refractivity (Wildman–Crippen MR) is 138 cm³/mol. The number of nitrogens with one attached hydrogen (secondary N) is 1. The average molecular weight is 483 g/mol. The molecule has 1 aromatic heterocycles. The zero-order chi connectivity index (χ0) is 23.7. The number of anilines is 2. The average Bonchev–Trinajstić information content (AvgIpc) is 3.57. The number of aromatic nitrogens is 2. The number of likely N-dealkylation sites (tertiary alicyclic amines) is 2. The van der Waals surface area contributed by atoms with Gasteiger partial charge < -0.3 is 15.1 Å². The van der Waals surface area contributed by atoms with Crippen LogP contribution in [0.4, 0.5) is 16.3 Å². The molecule has 3 saturated heterocycles. The normalized spacial score (nSPS) is 20.3. The largest absolute Gasteiger partial charge is 0.370 e. The van der Waals surface area contributed by atoms with Crippen LogP contribution in [0.1, 0.15) is 51.0 Å². The van der Waals surface area contributed by atoms with Crippen molar-refractivity contribution in [3.05, 3.63) is 53.3 Å². The van der Waals surface area contributed by atoms with E-state index in [2.05, 4.69) is 45.0 Å². The van der Waals surface area contributed by atoms with Crippen LogP contribution in [0.2, 0.25) is 5.02 Å². The SMILES string of the molecule is C=C(C)Nc1ccn(C(=O)N2CCC3(CCCN3Cc3ccc(N4CCCC4)c(Cl)c3)CC2)n1. The fraction of sp³-hybridized carbons (Fsp3) is 0.538. The summed E-state index contributed by atoms with van der Waals surface area (Å²) in [5.74, 6) is 0.644. The van der Waals surface area contributed by atoms with Gasteiger partial charge in [-0.15, -0.1) is 5.10 Å². The van der Waals surface area contributed by atoms with Gasteiger partial charge in [-0.2, -0.15) is 4.68 Å². The van der Waals surface area contributed by atoms with E-state index in [-0.39, 0.29) is 11.6 Å². The third-order valence-electron chi connectivity index (χ3n) is 7.66. The smallest absolute Gasteiger partial charge is 0.344 e. The minimum absolute atomic E-state index is 0.0570. The molecule has 1 aromatic carbocycles. The Labute approximate surface area is 207 Å². The Bertz CT molecular complexity index is 1050. The van der Waals surface area contributed by atoms with E-state index in [0.29, 0.717) is 5.82 Å². The molecule has 0 unspecified atom stereocenters. The van der Waals surface area contributed by atoms with E-state index < -0.39 is 0 Å². The van der Waals surface area contributed by atoms with Gasteiger partial charge in [-0.25, -0.2) is 4.79 Å². The lowest BCUT2D eigenvalue weighted by Crippen LogP contribution is -2.53. The summed E-state index contributed by atoms with van der Waals surface area (Å²) in [6.07, 6.45) is 8.62. The van der Waals surface area contributed by atoms with Crippen LogP contribution in [0.5, 0.6) is 0 Å². The van der Waals surface area contributed by atoms with Gasteiger partial charge in [-0.1, -0.05) is 24.2 Å². The molecule has 1 N–H and O–H groups in total. The summed E-state index contributed by atoms with van der Waals surface area (Å²) < 4.78 is 1.43. The summed E-state index contributed by atoms with van der Waals surface area (Å²) in [7, 11) is 0. The van der Waals surface area contributed by atoms with Gasteiger partial charge in [-0.3, -0.25) is 4.90 Å². The fourth-order valence-corrected chi connectivity index (χ4v) is 6.19. The number of benzene rings is 1. The summed E-state index contributed by atoms with van der Waals surface area (Å²) in [6, 6.07) is 8.36. The summed E-state index contributed by atoms with van der Waals surface area (Å²) in [5.41, 5.74) is 3.42. The van der Waals surface area contributed by atoms with Crippen molar-refractivity contribution in [2.45, 2.75) is 57.5 Å². The van der Waals surface area contributed by atoms with Gasteiger partial charge in [0, 0.05) is 56.2 Å². The molecule has 182 valence electrons. The maximum atomic E-state index is 13.0. The minimum atomic E-state index is -0.0570. The van der Waals surface area contributed by atoms with E-state index in [9.17, 15) is 4.79 Å². The molecule has 34 heavy (non-hydrogen) atoms. The minimum Gasteiger partial charge on any atom is -0.370 e. The molecule has 1 spiro atoms. The second kappa shape index (κ2) is 9.62. The first-order valence-electron chi connectivity index (χ1n) is 12.5. The number of carbonyl (C=O) groups excluding carboxylic acids is 1. The number of nitrogens with zero attached hydrogens (tertiary/aromatic N) is 5. The van der Waals surface area contributed by atoms with Crippen LogP contribution in [-0.4, -0.2) is 63.9 Å². The van der Waals surface area contributed by atoms with Crippen LogP contribution in [0, 0.1) is 0 Å². The van der Waals surface area contributed by atoms with Gasteiger partial charge in [-0.05, 0) is 69.7 Å². The van der Waals surface area contributed by atoms with Crippen molar-refractivity contribution in [1.82, 2.24) is 19.6 Å². The second-order valence-electron chi connectivity index (χ2n) is 10.0. The van der Waals surface area contributed by atoms with Gasteiger partial charge in [0.1, 0.15) is 0 Å². The second-order valence-corrected chi connectivity index (χ2v) is 10.5. The molecule has 0 saturated carbocycles. The monoisotopic (exact) mass is 482 g/mol. The number of halogens is 1. The van der Waals surface area contributed by atoms with Crippen LogP contribution >= 0.6 is 11.6 Å². The van der Waals surface area contributed by atoms with Gasteiger partial charge >= 0.3 is 6.03 Å². The van der Waals surface area contributed by atoms with Crippen LogP contribution in [0.15, 0.2) is 42.7 Å². The van der Waals surface area contributed by atoms with Crippen molar-refractivity contribution in [2.75, 3.05) is 42.9 Å². The highest BCUT2D eigenvalue weighted by Gasteiger charge is 2.43. The highest BCUT2D eigenvalue weighted by molar-refractivity contribution is 6.33. The van der Waals surface area contributed by atoms with E-state index in [4.69, 9.17) is 11.6 Å². The number of piperidine rings is 1. The summed E-state index contributed by atoms with van der Waals surface area (Å²) in [4.78, 5) is 20.0. The Hall–Kier alpha value is -2.51. The quantitative estimate of drug-likeness (QED) is 0.636. The number of hydrogen-bond acceptors (Lipinski definition) is 5.